The molecule has 1 aromatic heterocycles. The van der Waals surface area contributed by atoms with Gasteiger partial charge in [0.2, 0.25) is 10.0 Å². The van der Waals surface area contributed by atoms with Crippen LogP contribution in [0.4, 0.5) is 5.82 Å². The average molecular weight is 396 g/mol. The van der Waals surface area contributed by atoms with Crippen LogP contribution in [0, 0.1) is 0 Å². The molecule has 2 N–H and O–H groups in total. The summed E-state index contributed by atoms with van der Waals surface area (Å²) in [6.07, 6.45) is 2.76. The highest BCUT2D eigenvalue weighted by Crippen LogP contribution is 2.24. The molecule has 9 heteroatoms. The monoisotopic (exact) mass is 395 g/mol. The third-order valence-corrected chi connectivity index (χ3v) is 6.51. The normalized spacial score (nSPS) is 23.0. The Hall–Kier alpha value is -0.510. The molecule has 0 unspecified atom stereocenters. The second kappa shape index (κ2) is 7.17. The zero-order valence-corrected chi connectivity index (χ0v) is 14.9. The first kappa shape index (κ1) is 16.9. The molecule has 1 aliphatic rings. The van der Waals surface area contributed by atoms with Gasteiger partial charge in [0.15, 0.2) is 0 Å². The summed E-state index contributed by atoms with van der Waals surface area (Å²) in [5.74, 6) is 1.43. The maximum atomic E-state index is 12.5. The van der Waals surface area contributed by atoms with E-state index in [9.17, 15) is 12.6 Å². The highest BCUT2D eigenvalue weighted by molar-refractivity contribution is 9.10. The molecule has 0 aromatic carbocycles. The van der Waals surface area contributed by atoms with Crippen LogP contribution in [-0.4, -0.2) is 41.7 Å². The van der Waals surface area contributed by atoms with Crippen LogP contribution in [-0.2, 0) is 20.8 Å². The van der Waals surface area contributed by atoms with Crippen molar-refractivity contribution >= 4 is 42.6 Å². The minimum atomic E-state index is -3.66. The topological polar surface area (TPSA) is 88.2 Å². The van der Waals surface area contributed by atoms with Gasteiger partial charge in [-0.15, -0.1) is 0 Å². The molecule has 1 saturated heterocycles. The van der Waals surface area contributed by atoms with E-state index in [-0.39, 0.29) is 10.9 Å². The van der Waals surface area contributed by atoms with Crippen molar-refractivity contribution in [2.45, 2.75) is 30.7 Å². The maximum Gasteiger partial charge on any atom is 0.244 e. The number of aromatic nitrogens is 1. The Morgan fingerprint density at radius 3 is 2.71 bits per heavy atom. The van der Waals surface area contributed by atoms with Crippen molar-refractivity contribution in [1.82, 2.24) is 9.71 Å². The molecule has 1 aliphatic heterocycles. The smallest absolute Gasteiger partial charge is 0.244 e. The van der Waals surface area contributed by atoms with E-state index < -0.39 is 20.8 Å². The largest absolute Gasteiger partial charge is 0.369 e. The van der Waals surface area contributed by atoms with Gasteiger partial charge in [0, 0.05) is 45.6 Å². The quantitative estimate of drug-likeness (QED) is 0.787. The molecule has 6 nitrogen and oxygen atoms in total. The van der Waals surface area contributed by atoms with Crippen LogP contribution < -0.4 is 10.0 Å². The number of halogens is 1. The minimum absolute atomic E-state index is 0.130. The molecule has 0 aliphatic carbocycles. The molecular formula is C12H18BrN3O3S2. The number of nitrogens with one attached hydrogen (secondary N) is 2. The lowest BCUT2D eigenvalue weighted by Crippen LogP contribution is -2.39. The van der Waals surface area contributed by atoms with Crippen molar-refractivity contribution in [3.63, 3.8) is 0 Å². The fourth-order valence-corrected chi connectivity index (χ4v) is 5.37. The number of rotatable bonds is 5. The molecule has 0 saturated carbocycles. The van der Waals surface area contributed by atoms with Crippen molar-refractivity contribution in [2.75, 3.05) is 23.4 Å². The third kappa shape index (κ3) is 4.48. The lowest BCUT2D eigenvalue weighted by Gasteiger charge is -2.23. The fourth-order valence-electron chi connectivity index (χ4n) is 2.12. The van der Waals surface area contributed by atoms with Gasteiger partial charge in [-0.1, -0.05) is 0 Å². The van der Waals surface area contributed by atoms with Crippen molar-refractivity contribution in [3.8, 4) is 0 Å². The summed E-state index contributed by atoms with van der Waals surface area (Å²) in [6.45, 7) is 2.46. The first-order chi connectivity index (χ1) is 9.92. The van der Waals surface area contributed by atoms with Gasteiger partial charge in [0.25, 0.3) is 0 Å². The van der Waals surface area contributed by atoms with Crippen LogP contribution in [0.25, 0.3) is 0 Å². The molecule has 2 heterocycles. The van der Waals surface area contributed by atoms with Gasteiger partial charge in [-0.2, -0.15) is 0 Å². The second-order valence-corrected chi connectivity index (χ2v) is 9.07. The molecule has 0 atom stereocenters. The molecule has 118 valence electrons. The van der Waals surface area contributed by atoms with Gasteiger partial charge in [-0.3, -0.25) is 4.21 Å². The highest BCUT2D eigenvalue weighted by atomic mass is 79.9. The molecule has 21 heavy (non-hydrogen) atoms. The predicted octanol–water partition coefficient (Wildman–Crippen LogP) is 1.47. The van der Waals surface area contributed by atoms with E-state index in [4.69, 9.17) is 0 Å². The first-order valence-corrected chi connectivity index (χ1v) is 10.5. The predicted molar refractivity (Wildman–Crippen MR) is 87.3 cm³/mol. The zero-order valence-electron chi connectivity index (χ0n) is 11.6. The third-order valence-electron chi connectivity index (χ3n) is 3.16. The molecule has 0 amide bonds. The molecule has 2 rings (SSSR count). The summed E-state index contributed by atoms with van der Waals surface area (Å²) in [7, 11) is -4.47. The van der Waals surface area contributed by atoms with E-state index in [0.29, 0.717) is 41.2 Å². The summed E-state index contributed by atoms with van der Waals surface area (Å²) in [6, 6.07) is 1.37. The Labute approximate surface area is 135 Å². The Bertz CT molecular complexity index is 627. The highest BCUT2D eigenvalue weighted by Gasteiger charge is 2.26. The molecule has 1 aromatic rings. The zero-order chi connectivity index (χ0) is 15.5. The van der Waals surface area contributed by atoms with Crippen molar-refractivity contribution in [1.29, 1.82) is 0 Å². The standard InChI is InChI=1S/C12H18BrN3O3S2/c1-2-14-12-11(7-9(13)8-15-12)21(18,19)16-10-3-5-20(17)6-4-10/h7-8,10,16H,2-6H2,1H3,(H,14,15). The van der Waals surface area contributed by atoms with Crippen molar-refractivity contribution in [2.24, 2.45) is 0 Å². The van der Waals surface area contributed by atoms with Gasteiger partial charge in [-0.05, 0) is 41.8 Å². The van der Waals surface area contributed by atoms with E-state index in [1.165, 1.54) is 6.07 Å². The van der Waals surface area contributed by atoms with Crippen LogP contribution in [0.2, 0.25) is 0 Å². The van der Waals surface area contributed by atoms with Crippen molar-refractivity contribution in [3.05, 3.63) is 16.7 Å². The Kier molecular flexibility index (Phi) is 5.75. The molecule has 1 fully saturated rings. The minimum Gasteiger partial charge on any atom is -0.369 e. The summed E-state index contributed by atoms with van der Waals surface area (Å²) in [5.41, 5.74) is 0. The van der Waals surface area contributed by atoms with Gasteiger partial charge >= 0.3 is 0 Å². The van der Waals surface area contributed by atoms with E-state index >= 15 is 0 Å². The van der Waals surface area contributed by atoms with E-state index in [1.54, 1.807) is 6.20 Å². The Morgan fingerprint density at radius 1 is 1.43 bits per heavy atom. The molecule has 0 spiro atoms. The van der Waals surface area contributed by atoms with Gasteiger partial charge < -0.3 is 5.32 Å². The maximum absolute atomic E-state index is 12.5. The van der Waals surface area contributed by atoms with Crippen molar-refractivity contribution < 1.29 is 12.6 Å². The van der Waals surface area contributed by atoms with Crippen LogP contribution in [0.3, 0.4) is 0 Å². The molecular weight excluding hydrogens is 378 g/mol. The van der Waals surface area contributed by atoms with Crippen LogP contribution in [0.5, 0.6) is 0 Å². The van der Waals surface area contributed by atoms with E-state index in [0.717, 1.165) is 0 Å². The number of anilines is 1. The molecule has 0 radical (unpaired) electrons. The van der Waals surface area contributed by atoms with Gasteiger partial charge in [0.05, 0.1) is 0 Å². The van der Waals surface area contributed by atoms with E-state index in [2.05, 4.69) is 31.0 Å². The lowest BCUT2D eigenvalue weighted by atomic mass is 10.2. The van der Waals surface area contributed by atoms with Gasteiger partial charge in [-0.25, -0.2) is 18.1 Å². The van der Waals surface area contributed by atoms with Gasteiger partial charge in [0.1, 0.15) is 10.7 Å². The number of sulfonamides is 1. The first-order valence-electron chi connectivity index (χ1n) is 6.69. The summed E-state index contributed by atoms with van der Waals surface area (Å²) in [5, 5.41) is 2.95. The fraction of sp³-hybridized carbons (Fsp3) is 0.583. The van der Waals surface area contributed by atoms with Crippen LogP contribution >= 0.6 is 15.9 Å². The molecule has 0 bridgehead atoms. The van der Waals surface area contributed by atoms with Crippen LogP contribution in [0.15, 0.2) is 21.6 Å². The Morgan fingerprint density at radius 2 is 2.10 bits per heavy atom. The number of nitrogens with zero attached hydrogens (tertiary/aromatic N) is 1. The van der Waals surface area contributed by atoms with Crippen LogP contribution in [0.1, 0.15) is 19.8 Å². The lowest BCUT2D eigenvalue weighted by molar-refractivity contribution is 0.522. The Balaban J connectivity index is 2.22. The summed E-state index contributed by atoms with van der Waals surface area (Å²) < 4.78 is 39.7. The summed E-state index contributed by atoms with van der Waals surface area (Å²) >= 11 is 3.25. The number of pyridine rings is 1. The SMILES string of the molecule is CCNc1ncc(Br)cc1S(=O)(=O)NC1CCS(=O)CC1. The second-order valence-electron chi connectivity index (χ2n) is 4.77. The number of hydrogen-bond acceptors (Lipinski definition) is 5. The van der Waals surface area contributed by atoms with E-state index in [1.807, 2.05) is 6.92 Å². The average Bonchev–Trinajstić information content (AvgIpc) is 2.43. The number of hydrogen-bond donors (Lipinski definition) is 2. The summed E-state index contributed by atoms with van der Waals surface area (Å²) in [4.78, 5) is 4.24.